The van der Waals surface area contributed by atoms with Gasteiger partial charge in [-0.3, -0.25) is 0 Å². The number of hydrogen-bond donors (Lipinski definition) is 1. The molecule has 1 aromatic heterocycles. The molecule has 1 heterocycles. The zero-order valence-corrected chi connectivity index (χ0v) is 15.3. The average molecular weight is 368 g/mol. The van der Waals surface area contributed by atoms with Crippen LogP contribution in [0.1, 0.15) is 35.9 Å². The highest BCUT2D eigenvalue weighted by Gasteiger charge is 2.25. The van der Waals surface area contributed by atoms with Gasteiger partial charge in [0.15, 0.2) is 11.7 Å². The molecule has 26 heavy (non-hydrogen) atoms. The van der Waals surface area contributed by atoms with Crippen molar-refractivity contribution in [1.82, 2.24) is 9.71 Å². The van der Waals surface area contributed by atoms with Crippen LogP contribution < -0.4 is 4.72 Å². The predicted octanol–water partition coefficient (Wildman–Crippen LogP) is 4.01. The lowest BCUT2D eigenvalue weighted by molar-refractivity contribution is 0.507. The van der Waals surface area contributed by atoms with Crippen LogP contribution in [0.2, 0.25) is 0 Å². The van der Waals surface area contributed by atoms with E-state index in [2.05, 4.69) is 15.8 Å². The lowest BCUT2D eigenvalue weighted by atomic mass is 9.88. The molecule has 0 fully saturated rings. The molecule has 0 spiro atoms. The van der Waals surface area contributed by atoms with Gasteiger partial charge in [-0.25, -0.2) is 18.1 Å². The summed E-state index contributed by atoms with van der Waals surface area (Å²) in [6, 6.07) is 14.5. The number of nitrogens with zero attached hydrogens (tertiary/aromatic N) is 1. The molecule has 0 bridgehead atoms. The smallest absolute Gasteiger partial charge is 0.241 e. The van der Waals surface area contributed by atoms with Crippen LogP contribution in [-0.2, 0) is 16.4 Å². The van der Waals surface area contributed by atoms with E-state index in [4.69, 9.17) is 4.42 Å². The standard InChI is InChI=1S/C20H20N2O3S/c1-14-21-13-20(25-14)16-9-11-17(12-10-16)26(23,24)22-19-8-4-6-15-5-2-3-7-18(15)19/h2-3,5,7,9-13,19,22H,4,6,8H2,1H3. The number of oxazole rings is 1. The maximum Gasteiger partial charge on any atom is 0.241 e. The normalized spacial score (nSPS) is 17.0. The molecule has 0 amide bonds. The summed E-state index contributed by atoms with van der Waals surface area (Å²) < 4.78 is 34.0. The summed E-state index contributed by atoms with van der Waals surface area (Å²) in [6.45, 7) is 1.77. The Morgan fingerprint density at radius 3 is 2.62 bits per heavy atom. The monoisotopic (exact) mass is 368 g/mol. The van der Waals surface area contributed by atoms with Crippen molar-refractivity contribution in [3.63, 3.8) is 0 Å². The molecule has 0 saturated carbocycles. The maximum atomic E-state index is 12.8. The Hall–Kier alpha value is -2.44. The predicted molar refractivity (Wildman–Crippen MR) is 99.1 cm³/mol. The van der Waals surface area contributed by atoms with Gasteiger partial charge in [-0.2, -0.15) is 0 Å². The van der Waals surface area contributed by atoms with E-state index in [1.54, 1.807) is 37.4 Å². The Balaban J connectivity index is 1.58. The molecule has 1 aliphatic carbocycles. The Labute approximate surface area is 153 Å². The fraction of sp³-hybridized carbons (Fsp3) is 0.250. The second-order valence-electron chi connectivity index (χ2n) is 6.53. The van der Waals surface area contributed by atoms with Crippen molar-refractivity contribution < 1.29 is 12.8 Å². The van der Waals surface area contributed by atoms with Crippen LogP contribution in [0.15, 0.2) is 64.0 Å². The molecule has 2 aromatic carbocycles. The van der Waals surface area contributed by atoms with E-state index in [1.165, 1.54) is 5.56 Å². The van der Waals surface area contributed by atoms with Crippen molar-refractivity contribution in [2.45, 2.75) is 37.1 Å². The molecule has 134 valence electrons. The molecule has 5 nitrogen and oxygen atoms in total. The van der Waals surface area contributed by atoms with Gasteiger partial charge in [-0.05, 0) is 54.7 Å². The molecule has 1 atom stereocenters. The molecule has 6 heteroatoms. The van der Waals surface area contributed by atoms with Gasteiger partial charge in [0.2, 0.25) is 10.0 Å². The van der Waals surface area contributed by atoms with Crippen molar-refractivity contribution in [2.75, 3.05) is 0 Å². The van der Waals surface area contributed by atoms with E-state index >= 15 is 0 Å². The van der Waals surface area contributed by atoms with Gasteiger partial charge in [0.05, 0.1) is 11.1 Å². The molecule has 1 aliphatic rings. The zero-order chi connectivity index (χ0) is 18.1. The fourth-order valence-corrected chi connectivity index (χ4v) is 4.67. The van der Waals surface area contributed by atoms with E-state index < -0.39 is 10.0 Å². The highest BCUT2D eigenvalue weighted by molar-refractivity contribution is 7.89. The van der Waals surface area contributed by atoms with Gasteiger partial charge in [0.1, 0.15) is 0 Å². The number of aryl methyl sites for hydroxylation is 2. The minimum Gasteiger partial charge on any atom is -0.441 e. The number of nitrogens with one attached hydrogen (secondary N) is 1. The van der Waals surface area contributed by atoms with Gasteiger partial charge < -0.3 is 4.42 Å². The lowest BCUT2D eigenvalue weighted by Crippen LogP contribution is -2.31. The Morgan fingerprint density at radius 2 is 1.88 bits per heavy atom. The van der Waals surface area contributed by atoms with Crippen LogP contribution in [-0.4, -0.2) is 13.4 Å². The summed E-state index contributed by atoms with van der Waals surface area (Å²) in [5.74, 6) is 1.20. The number of sulfonamides is 1. The topological polar surface area (TPSA) is 72.2 Å². The van der Waals surface area contributed by atoms with Gasteiger partial charge in [0.25, 0.3) is 0 Å². The van der Waals surface area contributed by atoms with Crippen LogP contribution in [0.4, 0.5) is 0 Å². The number of rotatable bonds is 4. The van der Waals surface area contributed by atoms with Crippen molar-refractivity contribution >= 4 is 10.0 Å². The highest BCUT2D eigenvalue weighted by Crippen LogP contribution is 2.31. The first-order valence-corrected chi connectivity index (χ1v) is 10.1. The summed E-state index contributed by atoms with van der Waals surface area (Å²) in [7, 11) is -3.59. The van der Waals surface area contributed by atoms with Crippen LogP contribution in [0.25, 0.3) is 11.3 Å². The third-order valence-corrected chi connectivity index (χ3v) is 6.22. The number of aromatic nitrogens is 1. The molecule has 1 unspecified atom stereocenters. The van der Waals surface area contributed by atoms with Gasteiger partial charge in [-0.15, -0.1) is 0 Å². The zero-order valence-electron chi connectivity index (χ0n) is 14.5. The number of hydrogen-bond acceptors (Lipinski definition) is 4. The Kier molecular flexibility index (Phi) is 4.38. The van der Waals surface area contributed by atoms with Gasteiger partial charge in [0, 0.05) is 18.5 Å². The summed E-state index contributed by atoms with van der Waals surface area (Å²) in [5.41, 5.74) is 3.10. The first kappa shape index (κ1) is 17.0. The van der Waals surface area contributed by atoms with Crippen LogP contribution in [0.5, 0.6) is 0 Å². The molecule has 0 saturated heterocycles. The SMILES string of the molecule is Cc1ncc(-c2ccc(S(=O)(=O)NC3CCCc4ccccc43)cc2)o1. The second kappa shape index (κ2) is 6.70. The van der Waals surface area contributed by atoms with Crippen LogP contribution in [0.3, 0.4) is 0 Å². The van der Waals surface area contributed by atoms with Crippen molar-refractivity contribution in [3.05, 3.63) is 71.7 Å². The summed E-state index contributed by atoms with van der Waals surface area (Å²) >= 11 is 0. The largest absolute Gasteiger partial charge is 0.441 e. The molecular formula is C20H20N2O3S. The Morgan fingerprint density at radius 1 is 1.12 bits per heavy atom. The fourth-order valence-electron chi connectivity index (χ4n) is 3.42. The second-order valence-corrected chi connectivity index (χ2v) is 8.25. The minimum absolute atomic E-state index is 0.179. The first-order chi connectivity index (χ1) is 12.5. The number of fused-ring (bicyclic) bond motifs is 1. The van der Waals surface area contributed by atoms with Crippen LogP contribution in [0, 0.1) is 6.92 Å². The van der Waals surface area contributed by atoms with E-state index in [-0.39, 0.29) is 10.9 Å². The summed E-state index contributed by atoms with van der Waals surface area (Å²) in [6.07, 6.45) is 4.43. The average Bonchev–Trinajstić information content (AvgIpc) is 3.08. The molecule has 3 aromatic rings. The molecule has 1 N–H and O–H groups in total. The molecule has 4 rings (SSSR count). The molecule has 0 aliphatic heterocycles. The Bertz CT molecular complexity index is 1020. The van der Waals surface area contributed by atoms with Crippen molar-refractivity contribution in [1.29, 1.82) is 0 Å². The molecule has 0 radical (unpaired) electrons. The molecular weight excluding hydrogens is 348 g/mol. The highest BCUT2D eigenvalue weighted by atomic mass is 32.2. The van der Waals surface area contributed by atoms with E-state index in [9.17, 15) is 8.42 Å². The summed E-state index contributed by atoms with van der Waals surface area (Å²) in [5, 5.41) is 0. The summed E-state index contributed by atoms with van der Waals surface area (Å²) in [4.78, 5) is 4.32. The van der Waals surface area contributed by atoms with Crippen molar-refractivity contribution in [2.24, 2.45) is 0 Å². The van der Waals surface area contributed by atoms with Crippen LogP contribution >= 0.6 is 0 Å². The first-order valence-electron chi connectivity index (χ1n) is 8.66. The van der Waals surface area contributed by atoms with Gasteiger partial charge >= 0.3 is 0 Å². The third-order valence-electron chi connectivity index (χ3n) is 4.74. The van der Waals surface area contributed by atoms with E-state index in [0.29, 0.717) is 11.7 Å². The van der Waals surface area contributed by atoms with Crippen molar-refractivity contribution in [3.8, 4) is 11.3 Å². The number of benzene rings is 2. The van der Waals surface area contributed by atoms with E-state index in [1.807, 2.05) is 18.2 Å². The quantitative estimate of drug-likeness (QED) is 0.755. The minimum atomic E-state index is -3.59. The van der Waals surface area contributed by atoms with E-state index in [0.717, 1.165) is 30.4 Å². The third kappa shape index (κ3) is 3.30. The maximum absolute atomic E-state index is 12.8. The van der Waals surface area contributed by atoms with Gasteiger partial charge in [-0.1, -0.05) is 24.3 Å². The lowest BCUT2D eigenvalue weighted by Gasteiger charge is -2.26.